The number of hydrogen-bond donors (Lipinski definition) is 2. The van der Waals surface area contributed by atoms with Gasteiger partial charge in [-0.3, -0.25) is 4.79 Å². The summed E-state index contributed by atoms with van der Waals surface area (Å²) in [6.45, 7) is 1.60. The van der Waals surface area contributed by atoms with Gasteiger partial charge in [0.2, 0.25) is 0 Å². The van der Waals surface area contributed by atoms with Gasteiger partial charge in [-0.15, -0.1) is 0 Å². The van der Waals surface area contributed by atoms with Crippen molar-refractivity contribution in [3.05, 3.63) is 36.3 Å². The van der Waals surface area contributed by atoms with Crippen molar-refractivity contribution in [2.45, 2.75) is 70.1 Å². The van der Waals surface area contributed by atoms with Crippen LogP contribution in [0.25, 0.3) is 0 Å². The summed E-state index contributed by atoms with van der Waals surface area (Å²) in [6, 6.07) is -2.31. The van der Waals surface area contributed by atoms with E-state index in [-0.39, 0.29) is 37.8 Å². The van der Waals surface area contributed by atoms with Gasteiger partial charge in [0.05, 0.1) is 23.1 Å². The van der Waals surface area contributed by atoms with Crippen LogP contribution in [-0.4, -0.2) is 34.4 Å². The molecule has 1 saturated carbocycles. The van der Waals surface area contributed by atoms with Gasteiger partial charge in [-0.2, -0.15) is 0 Å². The number of fused-ring (bicyclic) bond motifs is 2. The van der Waals surface area contributed by atoms with Gasteiger partial charge in [0.25, 0.3) is 0 Å². The average Bonchev–Trinajstić information content (AvgIpc) is 3.14. The molecule has 2 N–H and O–H groups in total. The van der Waals surface area contributed by atoms with E-state index in [1.807, 2.05) is 0 Å². The molecule has 0 radical (unpaired) electrons. The summed E-state index contributed by atoms with van der Waals surface area (Å²) < 4.78 is 83.1. The molecule has 2 bridgehead atoms. The lowest BCUT2D eigenvalue weighted by atomic mass is 9.89. The maximum Gasteiger partial charge on any atom is 0.303 e. The van der Waals surface area contributed by atoms with E-state index in [2.05, 4.69) is 0 Å². The minimum absolute atomic E-state index is 0.0585. The van der Waals surface area contributed by atoms with Gasteiger partial charge < -0.3 is 10.2 Å². The molecular formula is C20H30O5. The summed E-state index contributed by atoms with van der Waals surface area (Å²) in [5, 5.41) is 19.2. The molecule has 0 unspecified atom stereocenters. The predicted octanol–water partition coefficient (Wildman–Crippen LogP) is 3.80. The molecule has 0 spiro atoms. The number of allylic oxidation sites excluding steroid dienone is 3. The van der Waals surface area contributed by atoms with E-state index in [1.54, 1.807) is 6.92 Å². The van der Waals surface area contributed by atoms with E-state index in [0.717, 1.165) is 0 Å². The number of carboxylic acid groups (broad SMARTS) is 1. The fourth-order valence-corrected chi connectivity index (χ4v) is 2.33. The summed E-state index contributed by atoms with van der Waals surface area (Å²) in [6.07, 6.45) is -9.15. The highest BCUT2D eigenvalue weighted by molar-refractivity contribution is 5.66. The van der Waals surface area contributed by atoms with Crippen LogP contribution in [0.2, 0.25) is 0 Å². The van der Waals surface area contributed by atoms with Crippen LogP contribution in [0.1, 0.15) is 65.6 Å². The van der Waals surface area contributed by atoms with Crippen LogP contribution in [-0.2, 0) is 14.6 Å². The van der Waals surface area contributed by atoms with Gasteiger partial charge in [-0.25, -0.2) is 9.78 Å². The molecule has 0 aromatic heterocycles. The largest absolute Gasteiger partial charge is 0.481 e. The van der Waals surface area contributed by atoms with Crippen LogP contribution in [0.4, 0.5) is 0 Å². The predicted molar refractivity (Wildman–Crippen MR) is 95.8 cm³/mol. The Morgan fingerprint density at radius 3 is 2.92 bits per heavy atom. The summed E-state index contributed by atoms with van der Waals surface area (Å²) >= 11 is 0. The van der Waals surface area contributed by atoms with Crippen LogP contribution in [0.3, 0.4) is 0 Å². The summed E-state index contributed by atoms with van der Waals surface area (Å²) in [5.74, 6) is -6.17. The molecule has 2 aliphatic rings. The lowest BCUT2D eigenvalue weighted by molar-refractivity contribution is -0.336. The van der Waals surface area contributed by atoms with Crippen molar-refractivity contribution in [2.24, 2.45) is 11.8 Å². The van der Waals surface area contributed by atoms with Crippen molar-refractivity contribution >= 4 is 5.97 Å². The van der Waals surface area contributed by atoms with E-state index >= 15 is 0 Å². The molecule has 0 aromatic rings. The van der Waals surface area contributed by atoms with Gasteiger partial charge in [0, 0.05) is 27.4 Å². The Morgan fingerprint density at radius 1 is 1.36 bits per heavy atom. The van der Waals surface area contributed by atoms with Crippen LogP contribution in [0.15, 0.2) is 36.3 Å². The van der Waals surface area contributed by atoms with Gasteiger partial charge >= 0.3 is 5.97 Å². The molecule has 2 fully saturated rings. The van der Waals surface area contributed by atoms with Crippen LogP contribution < -0.4 is 0 Å². The molecule has 0 aromatic carbocycles. The number of rotatable bonds is 11. The smallest absolute Gasteiger partial charge is 0.303 e. The Hall–Kier alpha value is -1.43. The van der Waals surface area contributed by atoms with Gasteiger partial charge in [0.15, 0.2) is 0 Å². The molecule has 1 heterocycles. The number of aliphatic hydroxyl groups is 1. The summed E-state index contributed by atoms with van der Waals surface area (Å²) in [5.41, 5.74) is 0. The first-order valence-corrected chi connectivity index (χ1v) is 8.19. The highest BCUT2D eigenvalue weighted by Gasteiger charge is 2.49. The molecule has 1 aliphatic carbocycles. The Kier molecular flexibility index (Phi) is 4.23. The number of aliphatic carboxylic acids is 1. The first-order valence-electron chi connectivity index (χ1n) is 13.2. The third-order valence-corrected chi connectivity index (χ3v) is 3.55. The van der Waals surface area contributed by atoms with Crippen molar-refractivity contribution < 1.29 is 38.5 Å². The van der Waals surface area contributed by atoms with Crippen LogP contribution >= 0.6 is 0 Å². The second-order valence-corrected chi connectivity index (χ2v) is 5.48. The molecule has 5 heteroatoms. The van der Waals surface area contributed by atoms with E-state index in [4.69, 9.17) is 28.6 Å². The standard InChI is InChI=1S/C20H30O5/c1-2-3-6-9-15(21)12-13-17-16(18-14-19(17)25-24-18)10-7-4-5-8-11-20(22)23/h3-4,6-7,12-13,15-19,21H,2,5,8-11,14H2,1H3,(H,22,23)/b6-3-,7-4-,13-12+/t15-,16+,17+,18-,19+/m0/s1/i3T,4T,6T,7T,12T,15T,16T,17T,18T,19T. The second-order valence-electron chi connectivity index (χ2n) is 5.48. The quantitative estimate of drug-likeness (QED) is 0.427. The van der Waals surface area contributed by atoms with Crippen molar-refractivity contribution in [3.63, 3.8) is 0 Å². The van der Waals surface area contributed by atoms with E-state index in [1.165, 1.54) is 0 Å². The molecule has 140 valence electrons. The Morgan fingerprint density at radius 2 is 2.16 bits per heavy atom. The lowest BCUT2D eigenvalue weighted by Gasteiger charge is -2.27. The molecule has 5 atom stereocenters. The third-order valence-electron chi connectivity index (χ3n) is 3.55. The third kappa shape index (κ3) is 6.42. The minimum atomic E-state index is -2.78. The highest BCUT2D eigenvalue weighted by Crippen LogP contribution is 2.44. The van der Waals surface area contributed by atoms with E-state index in [0.29, 0.717) is 6.08 Å². The van der Waals surface area contributed by atoms with Crippen molar-refractivity contribution in [3.8, 4) is 0 Å². The Labute approximate surface area is 164 Å². The maximum atomic E-state index is 10.7. The van der Waals surface area contributed by atoms with Gasteiger partial charge in [0.1, 0.15) is 6.08 Å². The summed E-state index contributed by atoms with van der Waals surface area (Å²) in [7, 11) is 0. The topological polar surface area (TPSA) is 76.0 Å². The van der Waals surface area contributed by atoms with E-state index in [9.17, 15) is 9.90 Å². The minimum Gasteiger partial charge on any atom is -0.481 e. The van der Waals surface area contributed by atoms with Crippen molar-refractivity contribution in [2.75, 3.05) is 0 Å². The van der Waals surface area contributed by atoms with Crippen LogP contribution in [0, 0.1) is 11.8 Å². The highest BCUT2D eigenvalue weighted by atomic mass is 17.2. The fraction of sp³-hybridized carbons (Fsp3) is 0.650. The monoisotopic (exact) mass is 370 g/mol. The second kappa shape index (κ2) is 10.5. The molecule has 0 amide bonds. The Bertz CT molecular complexity index is 953. The van der Waals surface area contributed by atoms with Crippen molar-refractivity contribution in [1.82, 2.24) is 0 Å². The van der Waals surface area contributed by atoms with Crippen LogP contribution in [0.5, 0.6) is 0 Å². The molecule has 1 saturated heterocycles. The zero-order chi connectivity index (χ0) is 27.0. The summed E-state index contributed by atoms with van der Waals surface area (Å²) in [4.78, 5) is 20.5. The van der Waals surface area contributed by atoms with Gasteiger partial charge in [-0.1, -0.05) is 43.3 Å². The molecule has 1 aliphatic heterocycles. The zero-order valence-corrected chi connectivity index (χ0v) is 14.1. The molecule has 5 nitrogen and oxygen atoms in total. The Balaban J connectivity index is 2.48. The number of hydrogen-bond acceptors (Lipinski definition) is 4. The molecule has 25 heavy (non-hydrogen) atoms. The van der Waals surface area contributed by atoms with Crippen molar-refractivity contribution in [1.29, 1.82) is 0 Å². The molecule has 2 rings (SSSR count). The molecular weight excluding hydrogens is 320 g/mol. The number of carboxylic acids is 1. The average molecular weight is 371 g/mol. The zero-order valence-electron chi connectivity index (χ0n) is 24.1. The van der Waals surface area contributed by atoms with Gasteiger partial charge in [-0.05, 0) is 32.1 Å². The first kappa shape index (κ1) is 10.0. The SMILES string of the molecule is [3H]/C(CC)=C(\[3H])C[C@]([3H])(O)/C([3H])=C/[C@]1([3H])[C@@]([3H])(C/C([3H])=C(/[3H])CCCC(=O)O)[C@]2([3H])C[C@@]1([3H])OO2. The lowest BCUT2D eigenvalue weighted by Crippen LogP contribution is -2.28. The maximum absolute atomic E-state index is 10.7. The van der Waals surface area contributed by atoms with E-state index < -0.39 is 73.4 Å². The normalized spacial score (nSPS) is 50.9. The number of carbonyl (C=O) groups is 1. The fourth-order valence-electron chi connectivity index (χ4n) is 2.33. The first-order chi connectivity index (χ1) is 15.9.